The summed E-state index contributed by atoms with van der Waals surface area (Å²) in [5.41, 5.74) is 2.46. The van der Waals surface area contributed by atoms with E-state index >= 15 is 0 Å². The first kappa shape index (κ1) is 13.4. The average molecular weight is 247 g/mol. The van der Waals surface area contributed by atoms with E-state index in [9.17, 15) is 0 Å². The number of hydrogen-bond acceptors (Lipinski definition) is 2. The molecule has 1 aliphatic rings. The molecule has 0 bridgehead atoms. The fourth-order valence-corrected chi connectivity index (χ4v) is 2.77. The highest BCUT2D eigenvalue weighted by atomic mass is 16.5. The van der Waals surface area contributed by atoms with Crippen LogP contribution in [0.25, 0.3) is 0 Å². The first-order valence-corrected chi connectivity index (χ1v) is 7.17. The molecular weight excluding hydrogens is 222 g/mol. The molecular formula is C16H25NO. The predicted octanol–water partition coefficient (Wildman–Crippen LogP) is 3.46. The number of rotatable bonds is 6. The minimum atomic E-state index is 0.762. The van der Waals surface area contributed by atoms with Gasteiger partial charge >= 0.3 is 0 Å². The molecule has 0 unspecified atom stereocenters. The second-order valence-corrected chi connectivity index (χ2v) is 5.42. The van der Waals surface area contributed by atoms with Crippen LogP contribution in [0.5, 0.6) is 5.75 Å². The monoisotopic (exact) mass is 247 g/mol. The van der Waals surface area contributed by atoms with Crippen molar-refractivity contribution in [2.45, 2.75) is 39.5 Å². The quantitative estimate of drug-likeness (QED) is 0.777. The van der Waals surface area contributed by atoms with Gasteiger partial charge < -0.3 is 10.1 Å². The Morgan fingerprint density at radius 1 is 1.17 bits per heavy atom. The Kier molecular flexibility index (Phi) is 5.06. The molecule has 18 heavy (non-hydrogen) atoms. The highest BCUT2D eigenvalue weighted by Crippen LogP contribution is 2.24. The lowest BCUT2D eigenvalue weighted by Gasteiger charge is -2.13. The fourth-order valence-electron chi connectivity index (χ4n) is 2.77. The smallest absolute Gasteiger partial charge is 0.125 e. The normalized spacial score (nSPS) is 16.1. The van der Waals surface area contributed by atoms with E-state index in [0.717, 1.165) is 31.4 Å². The largest absolute Gasteiger partial charge is 0.492 e. The lowest BCUT2D eigenvalue weighted by atomic mass is 10.1. The second kappa shape index (κ2) is 6.79. The number of nitrogens with one attached hydrogen (secondary N) is 1. The highest BCUT2D eigenvalue weighted by molar-refractivity contribution is 5.39. The van der Waals surface area contributed by atoms with Crippen LogP contribution in [0.15, 0.2) is 18.2 Å². The summed E-state index contributed by atoms with van der Waals surface area (Å²) in [5, 5.41) is 3.51. The molecule has 0 aromatic heterocycles. The van der Waals surface area contributed by atoms with Gasteiger partial charge in [0.1, 0.15) is 12.4 Å². The molecule has 1 aromatic rings. The maximum absolute atomic E-state index is 5.87. The summed E-state index contributed by atoms with van der Waals surface area (Å²) in [7, 11) is 0. The van der Waals surface area contributed by atoms with Crippen LogP contribution in [0.4, 0.5) is 0 Å². The van der Waals surface area contributed by atoms with Crippen molar-refractivity contribution in [1.82, 2.24) is 5.32 Å². The Hall–Kier alpha value is -1.02. The molecule has 0 saturated heterocycles. The lowest BCUT2D eigenvalue weighted by Crippen LogP contribution is -2.26. The zero-order valence-corrected chi connectivity index (χ0v) is 11.7. The maximum atomic E-state index is 5.87. The van der Waals surface area contributed by atoms with E-state index in [-0.39, 0.29) is 0 Å². The van der Waals surface area contributed by atoms with Gasteiger partial charge in [-0.05, 0) is 50.3 Å². The van der Waals surface area contributed by atoms with Crippen molar-refractivity contribution >= 4 is 0 Å². The molecule has 100 valence electrons. The van der Waals surface area contributed by atoms with Crippen LogP contribution in [0.2, 0.25) is 0 Å². The van der Waals surface area contributed by atoms with Gasteiger partial charge in [0, 0.05) is 6.54 Å². The van der Waals surface area contributed by atoms with Gasteiger partial charge in [-0.3, -0.25) is 0 Å². The van der Waals surface area contributed by atoms with Crippen molar-refractivity contribution in [1.29, 1.82) is 0 Å². The Bertz CT molecular complexity index is 349. The molecule has 1 fully saturated rings. The molecule has 0 amide bonds. The van der Waals surface area contributed by atoms with Crippen LogP contribution in [0, 0.1) is 19.8 Å². The Balaban J connectivity index is 1.65. The van der Waals surface area contributed by atoms with Crippen molar-refractivity contribution < 1.29 is 4.74 Å². The highest BCUT2D eigenvalue weighted by Gasteiger charge is 2.13. The minimum Gasteiger partial charge on any atom is -0.492 e. The van der Waals surface area contributed by atoms with Crippen molar-refractivity contribution in [3.05, 3.63) is 29.3 Å². The first-order chi connectivity index (χ1) is 8.77. The van der Waals surface area contributed by atoms with E-state index < -0.39 is 0 Å². The SMILES string of the molecule is Cc1cccc(C)c1OCCNCC1CCCC1. The molecule has 1 aromatic carbocycles. The number of para-hydroxylation sites is 1. The van der Waals surface area contributed by atoms with E-state index in [0.29, 0.717) is 0 Å². The number of aryl methyl sites for hydroxylation is 2. The molecule has 2 rings (SSSR count). The summed E-state index contributed by atoms with van der Waals surface area (Å²) in [5.74, 6) is 1.96. The van der Waals surface area contributed by atoms with Gasteiger partial charge in [-0.25, -0.2) is 0 Å². The van der Waals surface area contributed by atoms with Gasteiger partial charge in [-0.15, -0.1) is 0 Å². The minimum absolute atomic E-state index is 0.762. The maximum Gasteiger partial charge on any atom is 0.125 e. The van der Waals surface area contributed by atoms with Crippen LogP contribution >= 0.6 is 0 Å². The zero-order chi connectivity index (χ0) is 12.8. The van der Waals surface area contributed by atoms with Gasteiger partial charge in [-0.1, -0.05) is 31.0 Å². The molecule has 1 N–H and O–H groups in total. The van der Waals surface area contributed by atoms with Gasteiger partial charge in [0.05, 0.1) is 0 Å². The first-order valence-electron chi connectivity index (χ1n) is 7.17. The van der Waals surface area contributed by atoms with Crippen LogP contribution in [0.1, 0.15) is 36.8 Å². The number of hydrogen-bond donors (Lipinski definition) is 1. The zero-order valence-electron chi connectivity index (χ0n) is 11.7. The summed E-state index contributed by atoms with van der Waals surface area (Å²) >= 11 is 0. The third-order valence-electron chi connectivity index (χ3n) is 3.84. The topological polar surface area (TPSA) is 21.3 Å². The summed E-state index contributed by atoms with van der Waals surface area (Å²) in [6.07, 6.45) is 5.66. The van der Waals surface area contributed by atoms with Crippen LogP contribution < -0.4 is 10.1 Å². The Labute approximate surface area is 111 Å². The molecule has 0 radical (unpaired) electrons. The van der Waals surface area contributed by atoms with E-state index in [1.807, 2.05) is 0 Å². The van der Waals surface area contributed by atoms with Gasteiger partial charge in [0.15, 0.2) is 0 Å². The van der Waals surface area contributed by atoms with Gasteiger partial charge in [-0.2, -0.15) is 0 Å². The Morgan fingerprint density at radius 3 is 2.50 bits per heavy atom. The van der Waals surface area contributed by atoms with Crippen LogP contribution in [-0.2, 0) is 0 Å². The molecule has 0 spiro atoms. The van der Waals surface area contributed by atoms with Crippen LogP contribution in [0.3, 0.4) is 0 Å². The summed E-state index contributed by atoms with van der Waals surface area (Å²) in [6.45, 7) is 7.08. The third kappa shape index (κ3) is 3.74. The second-order valence-electron chi connectivity index (χ2n) is 5.42. The molecule has 1 saturated carbocycles. The average Bonchev–Trinajstić information content (AvgIpc) is 2.85. The summed E-state index contributed by atoms with van der Waals surface area (Å²) < 4.78 is 5.87. The van der Waals surface area contributed by atoms with Crippen LogP contribution in [-0.4, -0.2) is 19.7 Å². The van der Waals surface area contributed by atoms with Crippen molar-refractivity contribution in [2.75, 3.05) is 19.7 Å². The molecule has 2 nitrogen and oxygen atoms in total. The van der Waals surface area contributed by atoms with E-state index in [1.165, 1.54) is 36.8 Å². The van der Waals surface area contributed by atoms with Gasteiger partial charge in [0.2, 0.25) is 0 Å². The lowest BCUT2D eigenvalue weighted by molar-refractivity contribution is 0.305. The molecule has 0 atom stereocenters. The van der Waals surface area contributed by atoms with E-state index in [4.69, 9.17) is 4.74 Å². The summed E-state index contributed by atoms with van der Waals surface area (Å²) in [6, 6.07) is 6.29. The third-order valence-corrected chi connectivity index (χ3v) is 3.84. The van der Waals surface area contributed by atoms with Crippen molar-refractivity contribution in [2.24, 2.45) is 5.92 Å². The number of benzene rings is 1. The van der Waals surface area contributed by atoms with Crippen molar-refractivity contribution in [3.8, 4) is 5.75 Å². The molecule has 2 heteroatoms. The summed E-state index contributed by atoms with van der Waals surface area (Å²) in [4.78, 5) is 0. The predicted molar refractivity (Wildman–Crippen MR) is 76.2 cm³/mol. The standard InChI is InChI=1S/C16H25NO/c1-13-6-5-7-14(2)16(13)18-11-10-17-12-15-8-3-4-9-15/h5-7,15,17H,3-4,8-12H2,1-2H3. The van der Waals surface area contributed by atoms with E-state index in [2.05, 4.69) is 37.4 Å². The van der Waals surface area contributed by atoms with E-state index in [1.54, 1.807) is 0 Å². The van der Waals surface area contributed by atoms with Crippen molar-refractivity contribution in [3.63, 3.8) is 0 Å². The Morgan fingerprint density at radius 2 is 1.83 bits per heavy atom. The van der Waals surface area contributed by atoms with Gasteiger partial charge in [0.25, 0.3) is 0 Å². The molecule has 0 aliphatic heterocycles. The number of ether oxygens (including phenoxy) is 1. The fraction of sp³-hybridized carbons (Fsp3) is 0.625. The molecule has 0 heterocycles. The molecule has 1 aliphatic carbocycles.